The van der Waals surface area contributed by atoms with Gasteiger partial charge in [-0.2, -0.15) is 11.8 Å². The van der Waals surface area contributed by atoms with Crippen molar-refractivity contribution in [1.29, 1.82) is 0 Å². The van der Waals surface area contributed by atoms with Gasteiger partial charge < -0.3 is 11.1 Å². The molecular formula is C12H15BrN2OS. The molecule has 5 heteroatoms. The first-order valence-electron chi connectivity index (χ1n) is 5.60. The molecule has 1 heterocycles. The zero-order chi connectivity index (χ0) is 12.3. The van der Waals surface area contributed by atoms with E-state index < -0.39 is 0 Å². The van der Waals surface area contributed by atoms with Crippen molar-refractivity contribution in [3.63, 3.8) is 0 Å². The summed E-state index contributed by atoms with van der Waals surface area (Å²) < 4.78 is 0.767. The Morgan fingerprint density at radius 3 is 3.00 bits per heavy atom. The first-order chi connectivity index (χ1) is 8.16. The van der Waals surface area contributed by atoms with Crippen LogP contribution in [0.5, 0.6) is 0 Å². The average Bonchev–Trinajstić information content (AvgIpc) is 2.34. The van der Waals surface area contributed by atoms with Crippen LogP contribution < -0.4 is 11.1 Å². The number of hydrogen-bond acceptors (Lipinski definition) is 3. The van der Waals surface area contributed by atoms with E-state index in [9.17, 15) is 4.79 Å². The van der Waals surface area contributed by atoms with Crippen LogP contribution in [0, 0.1) is 0 Å². The fourth-order valence-corrected chi connectivity index (χ4v) is 3.24. The van der Waals surface area contributed by atoms with Gasteiger partial charge in [-0.1, -0.05) is 0 Å². The van der Waals surface area contributed by atoms with Crippen LogP contribution in [0.4, 0.5) is 5.69 Å². The lowest BCUT2D eigenvalue weighted by Crippen LogP contribution is -2.38. The Morgan fingerprint density at radius 2 is 2.35 bits per heavy atom. The Balaban J connectivity index is 2.01. The maximum atomic E-state index is 12.0. The molecule has 1 saturated heterocycles. The number of halogens is 1. The molecule has 1 atom stereocenters. The third-order valence-electron chi connectivity index (χ3n) is 2.76. The number of nitrogens with two attached hydrogens (primary N) is 1. The van der Waals surface area contributed by atoms with Crippen LogP contribution >= 0.6 is 27.7 Å². The Bertz CT molecular complexity index is 419. The summed E-state index contributed by atoms with van der Waals surface area (Å²) in [7, 11) is 0. The van der Waals surface area contributed by atoms with Crippen molar-refractivity contribution < 1.29 is 4.79 Å². The van der Waals surface area contributed by atoms with Gasteiger partial charge in [0.25, 0.3) is 5.91 Å². The van der Waals surface area contributed by atoms with E-state index in [-0.39, 0.29) is 5.91 Å². The number of nitrogens with one attached hydrogen (secondary N) is 1. The molecule has 17 heavy (non-hydrogen) atoms. The van der Waals surface area contributed by atoms with E-state index in [1.807, 2.05) is 11.8 Å². The smallest absolute Gasteiger partial charge is 0.251 e. The lowest BCUT2D eigenvalue weighted by atomic mass is 10.1. The predicted molar refractivity (Wildman–Crippen MR) is 76.4 cm³/mol. The summed E-state index contributed by atoms with van der Waals surface area (Å²) in [6, 6.07) is 5.57. The van der Waals surface area contributed by atoms with Crippen molar-refractivity contribution in [2.45, 2.75) is 18.9 Å². The van der Waals surface area contributed by atoms with E-state index in [1.54, 1.807) is 18.2 Å². The van der Waals surface area contributed by atoms with Gasteiger partial charge in [-0.25, -0.2) is 0 Å². The monoisotopic (exact) mass is 314 g/mol. The number of hydrogen-bond donors (Lipinski definition) is 2. The molecule has 1 aromatic rings. The molecule has 1 aromatic carbocycles. The normalized spacial score (nSPS) is 19.9. The minimum Gasteiger partial charge on any atom is -0.398 e. The second kappa shape index (κ2) is 5.78. The fraction of sp³-hybridized carbons (Fsp3) is 0.417. The second-order valence-corrected chi connectivity index (χ2v) is 6.13. The molecule has 0 spiro atoms. The van der Waals surface area contributed by atoms with E-state index in [4.69, 9.17) is 5.73 Å². The van der Waals surface area contributed by atoms with Crippen LogP contribution in [0.25, 0.3) is 0 Å². The molecule has 3 nitrogen and oxygen atoms in total. The topological polar surface area (TPSA) is 55.1 Å². The quantitative estimate of drug-likeness (QED) is 0.825. The van der Waals surface area contributed by atoms with Crippen molar-refractivity contribution in [3.8, 4) is 0 Å². The maximum absolute atomic E-state index is 12.0. The number of thioether (sulfide) groups is 1. The van der Waals surface area contributed by atoms with Crippen LogP contribution in [-0.4, -0.2) is 23.5 Å². The number of amides is 1. The first kappa shape index (κ1) is 12.8. The molecule has 1 amide bonds. The van der Waals surface area contributed by atoms with E-state index in [1.165, 1.54) is 12.2 Å². The molecule has 1 fully saturated rings. The van der Waals surface area contributed by atoms with Gasteiger partial charge in [0.1, 0.15) is 0 Å². The molecule has 0 aromatic heterocycles. The predicted octanol–water partition coefficient (Wildman–Crippen LogP) is 2.66. The van der Waals surface area contributed by atoms with E-state index in [2.05, 4.69) is 21.2 Å². The van der Waals surface area contributed by atoms with Crippen molar-refractivity contribution >= 4 is 39.3 Å². The van der Waals surface area contributed by atoms with Crippen LogP contribution in [0.2, 0.25) is 0 Å². The number of carbonyl (C=O) groups excluding carboxylic acids is 1. The minimum absolute atomic E-state index is 0.0156. The maximum Gasteiger partial charge on any atom is 0.251 e. The molecule has 0 aliphatic carbocycles. The standard InChI is InChI=1S/C12H15BrN2OS/c13-10-6-8(3-4-11(10)14)12(16)15-9-2-1-5-17-7-9/h3-4,6,9H,1-2,5,7,14H2,(H,15,16). The molecule has 0 radical (unpaired) electrons. The van der Waals surface area contributed by atoms with Crippen LogP contribution in [-0.2, 0) is 0 Å². The van der Waals surface area contributed by atoms with Crippen LogP contribution in [0.15, 0.2) is 22.7 Å². The summed E-state index contributed by atoms with van der Waals surface area (Å²) in [6.45, 7) is 0. The fourth-order valence-electron chi connectivity index (χ4n) is 1.79. The molecular weight excluding hydrogens is 300 g/mol. The van der Waals surface area contributed by atoms with Crippen molar-refractivity contribution in [2.24, 2.45) is 0 Å². The van der Waals surface area contributed by atoms with Crippen molar-refractivity contribution in [2.75, 3.05) is 17.2 Å². The van der Waals surface area contributed by atoms with E-state index in [0.29, 0.717) is 17.3 Å². The minimum atomic E-state index is -0.0156. The van der Waals surface area contributed by atoms with Gasteiger partial charge in [-0.15, -0.1) is 0 Å². The summed E-state index contributed by atoms with van der Waals surface area (Å²) in [5.74, 6) is 2.21. The van der Waals surface area contributed by atoms with Gasteiger partial charge in [0.15, 0.2) is 0 Å². The summed E-state index contributed by atoms with van der Waals surface area (Å²) in [5, 5.41) is 3.06. The molecule has 1 unspecified atom stereocenters. The number of carbonyl (C=O) groups is 1. The Kier molecular flexibility index (Phi) is 4.34. The third kappa shape index (κ3) is 3.39. The molecule has 92 valence electrons. The van der Waals surface area contributed by atoms with Crippen molar-refractivity contribution in [1.82, 2.24) is 5.32 Å². The van der Waals surface area contributed by atoms with Crippen LogP contribution in [0.3, 0.4) is 0 Å². The number of nitrogen functional groups attached to an aromatic ring is 1. The van der Waals surface area contributed by atoms with Gasteiger partial charge in [-0.3, -0.25) is 4.79 Å². The molecule has 1 aliphatic rings. The molecule has 1 aliphatic heterocycles. The summed E-state index contributed by atoms with van der Waals surface area (Å²) in [6.07, 6.45) is 2.26. The van der Waals surface area contributed by atoms with Gasteiger partial charge in [0.2, 0.25) is 0 Å². The highest BCUT2D eigenvalue weighted by Crippen LogP contribution is 2.21. The molecule has 0 saturated carbocycles. The second-order valence-electron chi connectivity index (χ2n) is 4.12. The molecule has 2 rings (SSSR count). The van der Waals surface area contributed by atoms with E-state index in [0.717, 1.165) is 16.6 Å². The third-order valence-corrected chi connectivity index (χ3v) is 4.66. The highest BCUT2D eigenvalue weighted by Gasteiger charge is 2.17. The number of benzene rings is 1. The zero-order valence-electron chi connectivity index (χ0n) is 9.41. The number of rotatable bonds is 2. The summed E-state index contributed by atoms with van der Waals surface area (Å²) >= 11 is 5.23. The van der Waals surface area contributed by atoms with Crippen molar-refractivity contribution in [3.05, 3.63) is 28.2 Å². The Morgan fingerprint density at radius 1 is 1.53 bits per heavy atom. The lowest BCUT2D eigenvalue weighted by Gasteiger charge is -2.22. The molecule has 0 bridgehead atoms. The first-order valence-corrected chi connectivity index (χ1v) is 7.55. The van der Waals surface area contributed by atoms with Gasteiger partial charge in [0.05, 0.1) is 0 Å². The van der Waals surface area contributed by atoms with Gasteiger partial charge >= 0.3 is 0 Å². The summed E-state index contributed by atoms with van der Waals surface area (Å²) in [5.41, 5.74) is 6.99. The van der Waals surface area contributed by atoms with Crippen LogP contribution in [0.1, 0.15) is 23.2 Å². The number of anilines is 1. The lowest BCUT2D eigenvalue weighted by molar-refractivity contribution is 0.0938. The average molecular weight is 315 g/mol. The van der Waals surface area contributed by atoms with Gasteiger partial charge in [0, 0.05) is 27.5 Å². The Hall–Kier alpha value is -0.680. The molecule has 3 N–H and O–H groups in total. The zero-order valence-corrected chi connectivity index (χ0v) is 11.8. The Labute approximate surface area is 114 Å². The highest BCUT2D eigenvalue weighted by atomic mass is 79.9. The van der Waals surface area contributed by atoms with E-state index >= 15 is 0 Å². The summed E-state index contributed by atoms with van der Waals surface area (Å²) in [4.78, 5) is 12.0. The largest absolute Gasteiger partial charge is 0.398 e. The highest BCUT2D eigenvalue weighted by molar-refractivity contribution is 9.10. The van der Waals surface area contributed by atoms with Gasteiger partial charge in [-0.05, 0) is 52.7 Å². The SMILES string of the molecule is Nc1ccc(C(=O)NC2CCCSC2)cc1Br.